The van der Waals surface area contributed by atoms with Crippen LogP contribution in [0.3, 0.4) is 0 Å². The third-order valence-electron chi connectivity index (χ3n) is 4.53. The first-order valence-electron chi connectivity index (χ1n) is 8.78. The van der Waals surface area contributed by atoms with Gasteiger partial charge in [-0.25, -0.2) is 4.79 Å². The summed E-state index contributed by atoms with van der Waals surface area (Å²) >= 11 is 5.93. The Morgan fingerprint density at radius 2 is 1.82 bits per heavy atom. The van der Waals surface area contributed by atoms with E-state index in [0.717, 1.165) is 22.6 Å². The first-order chi connectivity index (χ1) is 13.6. The third kappa shape index (κ3) is 3.70. The number of carboxylic acid groups (broad SMARTS) is 1. The minimum absolute atomic E-state index is 0.0291. The molecule has 0 amide bonds. The Morgan fingerprint density at radius 1 is 1.07 bits per heavy atom. The molecule has 0 bridgehead atoms. The number of halogens is 1. The Hall–Kier alpha value is -3.31. The van der Waals surface area contributed by atoms with Gasteiger partial charge in [0.05, 0.1) is 22.0 Å². The van der Waals surface area contributed by atoms with Crippen LogP contribution in [-0.2, 0) is 0 Å². The van der Waals surface area contributed by atoms with E-state index in [4.69, 9.17) is 16.3 Å². The lowest BCUT2D eigenvalue weighted by atomic mass is 9.96. The second-order valence-electron chi connectivity index (χ2n) is 6.39. The number of hydrogen-bond donors (Lipinski definition) is 2. The van der Waals surface area contributed by atoms with Gasteiger partial charge in [0.25, 0.3) is 0 Å². The maximum absolute atomic E-state index is 11.3. The van der Waals surface area contributed by atoms with Crippen LogP contribution in [0.1, 0.15) is 34.0 Å². The lowest BCUT2D eigenvalue weighted by molar-refractivity contribution is 0.0697. The number of fused-ring (bicyclic) bond motifs is 1. The van der Waals surface area contributed by atoms with E-state index in [-0.39, 0.29) is 16.7 Å². The Labute approximate surface area is 167 Å². The first kappa shape index (κ1) is 18.1. The second kappa shape index (κ2) is 7.74. The Kier molecular flexibility index (Phi) is 5.00. The van der Waals surface area contributed by atoms with Crippen LogP contribution in [0, 0.1) is 0 Å². The first-order valence-corrected chi connectivity index (χ1v) is 9.16. The van der Waals surface area contributed by atoms with Crippen LogP contribution in [0.15, 0.2) is 77.9 Å². The van der Waals surface area contributed by atoms with Gasteiger partial charge in [-0.2, -0.15) is 5.10 Å². The number of anilines is 1. The van der Waals surface area contributed by atoms with Crippen LogP contribution in [0.25, 0.3) is 0 Å². The summed E-state index contributed by atoms with van der Waals surface area (Å²) in [7, 11) is 0. The van der Waals surface area contributed by atoms with Gasteiger partial charge in [-0.3, -0.25) is 5.43 Å². The lowest BCUT2D eigenvalue weighted by Crippen LogP contribution is -2.21. The van der Waals surface area contributed by atoms with Crippen molar-refractivity contribution in [3.05, 3.63) is 94.5 Å². The number of hydrogen-bond acceptors (Lipinski definition) is 4. The highest BCUT2D eigenvalue weighted by atomic mass is 35.5. The number of rotatable bonds is 4. The summed E-state index contributed by atoms with van der Waals surface area (Å²) in [4.78, 5) is 11.3. The van der Waals surface area contributed by atoms with Crippen molar-refractivity contribution >= 4 is 29.0 Å². The smallest absolute Gasteiger partial charge is 0.337 e. The van der Waals surface area contributed by atoms with Gasteiger partial charge < -0.3 is 9.84 Å². The predicted octanol–water partition coefficient (Wildman–Crippen LogP) is 5.38. The number of nitrogens with one attached hydrogen (secondary N) is 1. The van der Waals surface area contributed by atoms with Crippen LogP contribution in [0.2, 0.25) is 5.02 Å². The molecule has 0 aromatic heterocycles. The van der Waals surface area contributed by atoms with Crippen molar-refractivity contribution in [1.29, 1.82) is 0 Å². The number of ether oxygens (including phenoxy) is 1. The highest BCUT2D eigenvalue weighted by molar-refractivity contribution is 6.33. The molecular formula is C22H17ClN2O3. The van der Waals surface area contributed by atoms with Gasteiger partial charge >= 0.3 is 5.97 Å². The van der Waals surface area contributed by atoms with Gasteiger partial charge in [-0.15, -0.1) is 0 Å². The molecule has 3 aromatic rings. The van der Waals surface area contributed by atoms with Gasteiger partial charge in [-0.05, 0) is 35.9 Å². The van der Waals surface area contributed by atoms with Crippen LogP contribution < -0.4 is 10.2 Å². The molecular weight excluding hydrogens is 376 g/mol. The summed E-state index contributed by atoms with van der Waals surface area (Å²) in [6.45, 7) is 0. The molecule has 1 atom stereocenters. The molecule has 1 unspecified atom stereocenters. The van der Waals surface area contributed by atoms with Crippen molar-refractivity contribution in [1.82, 2.24) is 0 Å². The van der Waals surface area contributed by atoms with Crippen LogP contribution in [-0.4, -0.2) is 16.8 Å². The number of para-hydroxylation sites is 1. The zero-order valence-corrected chi connectivity index (χ0v) is 15.6. The van der Waals surface area contributed by atoms with E-state index in [2.05, 4.69) is 10.5 Å². The average Bonchev–Trinajstić information content (AvgIpc) is 2.73. The van der Waals surface area contributed by atoms with E-state index < -0.39 is 5.97 Å². The molecule has 3 aromatic carbocycles. The molecule has 140 valence electrons. The molecule has 1 heterocycles. The second-order valence-corrected chi connectivity index (χ2v) is 6.79. The Bertz CT molecular complexity index is 1050. The number of carboxylic acids is 1. The summed E-state index contributed by atoms with van der Waals surface area (Å²) in [6.07, 6.45) is 0.449. The zero-order chi connectivity index (χ0) is 19.5. The van der Waals surface area contributed by atoms with Crippen LogP contribution in [0.5, 0.6) is 5.75 Å². The average molecular weight is 393 g/mol. The lowest BCUT2D eigenvalue weighted by Gasteiger charge is -2.27. The minimum Gasteiger partial charge on any atom is -0.485 e. The molecule has 0 aliphatic carbocycles. The minimum atomic E-state index is -1.08. The fraction of sp³-hybridized carbons (Fsp3) is 0.0909. The highest BCUT2D eigenvalue weighted by Gasteiger charge is 2.26. The number of benzene rings is 3. The molecule has 0 radical (unpaired) electrons. The summed E-state index contributed by atoms with van der Waals surface area (Å²) < 4.78 is 6.16. The molecule has 2 N–H and O–H groups in total. The summed E-state index contributed by atoms with van der Waals surface area (Å²) in [5.74, 6) is -0.313. The molecule has 1 aliphatic heterocycles. The molecule has 6 heteroatoms. The number of carbonyl (C=O) groups is 1. The molecule has 0 saturated carbocycles. The Balaban J connectivity index is 1.66. The molecule has 0 spiro atoms. The third-order valence-corrected chi connectivity index (χ3v) is 4.86. The number of aromatic carboxylic acids is 1. The maximum atomic E-state index is 11.3. The fourth-order valence-electron chi connectivity index (χ4n) is 3.14. The summed E-state index contributed by atoms with van der Waals surface area (Å²) in [5, 5.41) is 14.0. The standard InChI is InChI=1S/C22H17ClN2O3/c23-18-11-10-15(12-17(18)22(26)27)24-25-19-13-21(14-6-2-1-3-7-14)28-20-9-5-4-8-16(19)20/h1-12,21,24H,13H2,(H,26,27)/b25-19+. The van der Waals surface area contributed by atoms with E-state index >= 15 is 0 Å². The maximum Gasteiger partial charge on any atom is 0.337 e. The molecule has 0 fully saturated rings. The van der Waals surface area contributed by atoms with Crippen molar-refractivity contribution < 1.29 is 14.6 Å². The van der Waals surface area contributed by atoms with Crippen molar-refractivity contribution in [2.75, 3.05) is 5.43 Å². The summed E-state index contributed by atoms with van der Waals surface area (Å²) in [5.41, 5.74) is 6.36. The van der Waals surface area contributed by atoms with Gasteiger partial charge in [0, 0.05) is 12.0 Å². The van der Waals surface area contributed by atoms with Crippen molar-refractivity contribution in [3.8, 4) is 5.75 Å². The van der Waals surface area contributed by atoms with Gasteiger partial charge in [0.1, 0.15) is 11.9 Å². The van der Waals surface area contributed by atoms with Crippen LogP contribution in [0.4, 0.5) is 5.69 Å². The quantitative estimate of drug-likeness (QED) is 0.585. The summed E-state index contributed by atoms with van der Waals surface area (Å²) in [6, 6.07) is 22.4. The van der Waals surface area contributed by atoms with Gasteiger partial charge in [-0.1, -0.05) is 54.1 Å². The molecule has 1 aliphatic rings. The molecule has 4 rings (SSSR count). The topological polar surface area (TPSA) is 70.9 Å². The molecule has 5 nitrogen and oxygen atoms in total. The zero-order valence-electron chi connectivity index (χ0n) is 14.8. The monoisotopic (exact) mass is 392 g/mol. The normalized spacial score (nSPS) is 16.9. The van der Waals surface area contributed by atoms with E-state index in [1.54, 1.807) is 6.07 Å². The van der Waals surface area contributed by atoms with Crippen LogP contribution >= 0.6 is 11.6 Å². The Morgan fingerprint density at radius 3 is 2.61 bits per heavy atom. The fourth-order valence-corrected chi connectivity index (χ4v) is 3.34. The van der Waals surface area contributed by atoms with E-state index in [1.807, 2.05) is 54.6 Å². The van der Waals surface area contributed by atoms with Gasteiger partial charge in [0.2, 0.25) is 0 Å². The van der Waals surface area contributed by atoms with Crippen molar-refractivity contribution in [3.63, 3.8) is 0 Å². The SMILES string of the molecule is O=C(O)c1cc(N/N=C2\CC(c3ccccc3)Oc3ccccc32)ccc1Cl. The molecule has 28 heavy (non-hydrogen) atoms. The number of hydrazone groups is 1. The highest BCUT2D eigenvalue weighted by Crippen LogP contribution is 2.35. The predicted molar refractivity (Wildman–Crippen MR) is 109 cm³/mol. The van der Waals surface area contributed by atoms with E-state index in [0.29, 0.717) is 12.1 Å². The van der Waals surface area contributed by atoms with Crippen molar-refractivity contribution in [2.24, 2.45) is 5.10 Å². The van der Waals surface area contributed by atoms with E-state index in [9.17, 15) is 9.90 Å². The molecule has 0 saturated heterocycles. The van der Waals surface area contributed by atoms with Crippen molar-refractivity contribution in [2.45, 2.75) is 12.5 Å². The largest absolute Gasteiger partial charge is 0.485 e. The number of nitrogens with zero attached hydrogens (tertiary/aromatic N) is 1. The van der Waals surface area contributed by atoms with E-state index in [1.165, 1.54) is 12.1 Å². The van der Waals surface area contributed by atoms with Gasteiger partial charge in [0.15, 0.2) is 0 Å².